The van der Waals surface area contributed by atoms with Crippen LogP contribution in [0.2, 0.25) is 0 Å². The molecule has 1 fully saturated rings. The largest absolute Gasteiger partial charge is 0.387 e. The van der Waals surface area contributed by atoms with Gasteiger partial charge in [0, 0.05) is 0 Å². The number of amides is 1. The highest BCUT2D eigenvalue weighted by molar-refractivity contribution is 5.79. The fourth-order valence-electron chi connectivity index (χ4n) is 1.46. The smallest absolute Gasteiger partial charge is 0.249 e. The van der Waals surface area contributed by atoms with Crippen LogP contribution in [0.4, 0.5) is 0 Å². The van der Waals surface area contributed by atoms with Gasteiger partial charge in [0.1, 0.15) is 18.3 Å². The highest BCUT2D eigenvalue weighted by Crippen LogP contribution is 2.22. The van der Waals surface area contributed by atoms with Gasteiger partial charge in [-0.25, -0.2) is 0 Å². The SMILES string of the molecule is CC(C)OC1OC(C(N)=O)C(O)C(O)C1O. The summed E-state index contributed by atoms with van der Waals surface area (Å²) in [7, 11) is 0. The molecule has 1 amide bonds. The maximum Gasteiger partial charge on any atom is 0.249 e. The maximum absolute atomic E-state index is 10.9. The third kappa shape index (κ3) is 2.69. The second-order valence-corrected chi connectivity index (χ2v) is 3.98. The highest BCUT2D eigenvalue weighted by atomic mass is 16.7. The maximum atomic E-state index is 10.9. The number of rotatable bonds is 3. The van der Waals surface area contributed by atoms with Crippen molar-refractivity contribution < 1.29 is 29.6 Å². The van der Waals surface area contributed by atoms with Crippen molar-refractivity contribution in [3.63, 3.8) is 0 Å². The van der Waals surface area contributed by atoms with E-state index in [1.807, 2.05) is 0 Å². The van der Waals surface area contributed by atoms with E-state index in [2.05, 4.69) is 0 Å². The molecule has 0 aromatic heterocycles. The fraction of sp³-hybridized carbons (Fsp3) is 0.889. The van der Waals surface area contributed by atoms with Gasteiger partial charge in [-0.2, -0.15) is 0 Å². The molecular weight excluding hydrogens is 218 g/mol. The number of carbonyl (C=O) groups is 1. The Balaban J connectivity index is 2.77. The number of hydrogen-bond donors (Lipinski definition) is 4. The summed E-state index contributed by atoms with van der Waals surface area (Å²) in [4.78, 5) is 10.9. The van der Waals surface area contributed by atoms with Gasteiger partial charge in [0.2, 0.25) is 5.91 Å². The number of hydrogen-bond acceptors (Lipinski definition) is 6. The van der Waals surface area contributed by atoms with E-state index in [0.717, 1.165) is 0 Å². The zero-order valence-corrected chi connectivity index (χ0v) is 9.11. The molecule has 0 bridgehead atoms. The molecule has 7 heteroatoms. The summed E-state index contributed by atoms with van der Waals surface area (Å²) in [6.07, 6.45) is -7.35. The van der Waals surface area contributed by atoms with E-state index in [-0.39, 0.29) is 6.10 Å². The Morgan fingerprint density at radius 3 is 2.25 bits per heavy atom. The lowest BCUT2D eigenvalue weighted by Gasteiger charge is -2.39. The van der Waals surface area contributed by atoms with Crippen molar-refractivity contribution in [1.29, 1.82) is 0 Å². The monoisotopic (exact) mass is 235 g/mol. The second-order valence-electron chi connectivity index (χ2n) is 3.98. The minimum absolute atomic E-state index is 0.268. The van der Waals surface area contributed by atoms with Crippen molar-refractivity contribution >= 4 is 5.91 Å². The zero-order valence-electron chi connectivity index (χ0n) is 9.11. The summed E-state index contributed by atoms with van der Waals surface area (Å²) in [6, 6.07) is 0. The van der Waals surface area contributed by atoms with Crippen molar-refractivity contribution in [2.45, 2.75) is 50.7 Å². The third-order valence-electron chi connectivity index (χ3n) is 2.26. The van der Waals surface area contributed by atoms with Crippen molar-refractivity contribution in [2.24, 2.45) is 5.73 Å². The average molecular weight is 235 g/mol. The van der Waals surface area contributed by atoms with E-state index in [1.165, 1.54) is 0 Å². The van der Waals surface area contributed by atoms with Crippen molar-refractivity contribution in [1.82, 2.24) is 0 Å². The van der Waals surface area contributed by atoms with Crippen molar-refractivity contribution in [2.75, 3.05) is 0 Å². The van der Waals surface area contributed by atoms with Crippen LogP contribution in [0.1, 0.15) is 13.8 Å². The Morgan fingerprint density at radius 1 is 1.25 bits per heavy atom. The lowest BCUT2D eigenvalue weighted by atomic mass is 9.98. The van der Waals surface area contributed by atoms with E-state index in [1.54, 1.807) is 13.8 Å². The molecule has 5 N–H and O–H groups in total. The van der Waals surface area contributed by atoms with Crippen LogP contribution in [0.5, 0.6) is 0 Å². The molecule has 0 aromatic carbocycles. The molecule has 0 aromatic rings. The van der Waals surface area contributed by atoms with Crippen LogP contribution in [0.15, 0.2) is 0 Å². The van der Waals surface area contributed by atoms with E-state index < -0.39 is 36.6 Å². The number of aliphatic hydroxyl groups is 3. The molecule has 1 aliphatic heterocycles. The third-order valence-corrected chi connectivity index (χ3v) is 2.26. The van der Waals surface area contributed by atoms with Crippen LogP contribution >= 0.6 is 0 Å². The molecule has 0 aliphatic carbocycles. The van der Waals surface area contributed by atoms with Crippen molar-refractivity contribution in [3.05, 3.63) is 0 Å². The van der Waals surface area contributed by atoms with Crippen LogP contribution < -0.4 is 5.73 Å². The van der Waals surface area contributed by atoms with Gasteiger partial charge in [-0.05, 0) is 13.8 Å². The predicted octanol–water partition coefficient (Wildman–Crippen LogP) is -2.30. The summed E-state index contributed by atoms with van der Waals surface area (Å²) in [5.41, 5.74) is 4.99. The average Bonchev–Trinajstić information content (AvgIpc) is 2.18. The molecule has 16 heavy (non-hydrogen) atoms. The molecular formula is C9H17NO6. The normalized spacial score (nSPS) is 40.0. The lowest BCUT2D eigenvalue weighted by Crippen LogP contribution is -2.61. The van der Waals surface area contributed by atoms with E-state index in [0.29, 0.717) is 0 Å². The second kappa shape index (κ2) is 5.07. The molecule has 1 aliphatic rings. The first-order valence-electron chi connectivity index (χ1n) is 4.99. The Bertz CT molecular complexity index is 258. The zero-order chi connectivity index (χ0) is 12.5. The molecule has 1 heterocycles. The summed E-state index contributed by atoms with van der Waals surface area (Å²) in [6.45, 7) is 3.40. The molecule has 5 atom stereocenters. The Labute approximate surface area is 92.8 Å². The number of nitrogens with two attached hydrogens (primary N) is 1. The number of carbonyl (C=O) groups excluding carboxylic acids is 1. The molecule has 0 saturated carbocycles. The highest BCUT2D eigenvalue weighted by Gasteiger charge is 2.46. The summed E-state index contributed by atoms with van der Waals surface area (Å²) in [5, 5.41) is 28.5. The number of primary amides is 1. The topological polar surface area (TPSA) is 122 Å². The Morgan fingerprint density at radius 2 is 1.81 bits per heavy atom. The van der Waals surface area contributed by atoms with Crippen LogP contribution in [0.25, 0.3) is 0 Å². The molecule has 94 valence electrons. The predicted molar refractivity (Wildman–Crippen MR) is 52.1 cm³/mol. The first kappa shape index (κ1) is 13.3. The van der Waals surface area contributed by atoms with E-state index in [9.17, 15) is 20.1 Å². The molecule has 1 saturated heterocycles. The summed E-state index contributed by atoms with van der Waals surface area (Å²) >= 11 is 0. The molecule has 7 nitrogen and oxygen atoms in total. The van der Waals surface area contributed by atoms with Crippen LogP contribution in [0.3, 0.4) is 0 Å². The van der Waals surface area contributed by atoms with Gasteiger partial charge < -0.3 is 30.5 Å². The van der Waals surface area contributed by atoms with E-state index >= 15 is 0 Å². The van der Waals surface area contributed by atoms with Crippen LogP contribution in [-0.2, 0) is 14.3 Å². The summed E-state index contributed by atoms with van der Waals surface area (Å²) < 4.78 is 10.1. The molecule has 1 rings (SSSR count). The van der Waals surface area contributed by atoms with Gasteiger partial charge in [-0.3, -0.25) is 4.79 Å². The van der Waals surface area contributed by atoms with E-state index in [4.69, 9.17) is 15.2 Å². The summed E-state index contributed by atoms with van der Waals surface area (Å²) in [5.74, 6) is -0.921. The van der Waals surface area contributed by atoms with Gasteiger partial charge in [0.05, 0.1) is 6.10 Å². The molecule has 0 radical (unpaired) electrons. The molecule has 5 unspecified atom stereocenters. The number of ether oxygens (including phenoxy) is 2. The minimum atomic E-state index is -1.56. The van der Waals surface area contributed by atoms with Gasteiger partial charge in [0.25, 0.3) is 0 Å². The minimum Gasteiger partial charge on any atom is -0.387 e. The molecule has 0 spiro atoms. The van der Waals surface area contributed by atoms with Crippen molar-refractivity contribution in [3.8, 4) is 0 Å². The first-order valence-corrected chi connectivity index (χ1v) is 4.99. The standard InChI is InChI=1S/C9H17NO6/c1-3(2)15-9-6(13)4(11)5(12)7(16-9)8(10)14/h3-7,9,11-13H,1-2H3,(H2,10,14). The quantitative estimate of drug-likeness (QED) is 0.436. The van der Waals surface area contributed by atoms with Gasteiger partial charge in [0.15, 0.2) is 12.4 Å². The lowest BCUT2D eigenvalue weighted by molar-refractivity contribution is -0.297. The Kier molecular flexibility index (Phi) is 4.22. The van der Waals surface area contributed by atoms with Gasteiger partial charge in [-0.1, -0.05) is 0 Å². The number of aliphatic hydroxyl groups excluding tert-OH is 3. The van der Waals surface area contributed by atoms with Crippen LogP contribution in [-0.4, -0.2) is 58.0 Å². The van der Waals surface area contributed by atoms with Gasteiger partial charge >= 0.3 is 0 Å². The van der Waals surface area contributed by atoms with Crippen LogP contribution in [0, 0.1) is 0 Å². The first-order chi connectivity index (χ1) is 7.34. The fourth-order valence-corrected chi connectivity index (χ4v) is 1.46. The Hall–Kier alpha value is -0.730. The van der Waals surface area contributed by atoms with Gasteiger partial charge in [-0.15, -0.1) is 0 Å².